The van der Waals surface area contributed by atoms with Crippen LogP contribution < -0.4 is 15.8 Å². The first-order valence-electron chi connectivity index (χ1n) is 7.98. The number of rotatable bonds is 5. The number of hydrogen-bond acceptors (Lipinski definition) is 3. The van der Waals surface area contributed by atoms with Gasteiger partial charge in [-0.05, 0) is 31.2 Å². The highest BCUT2D eigenvalue weighted by Crippen LogP contribution is 2.22. The second kappa shape index (κ2) is 7.53. The summed E-state index contributed by atoms with van der Waals surface area (Å²) < 4.78 is 7.15. The Hall–Kier alpha value is -3.28. The maximum absolute atomic E-state index is 6.00. The molecule has 6 heteroatoms. The van der Waals surface area contributed by atoms with Crippen LogP contribution in [0, 0.1) is 6.92 Å². The number of nitrogens with two attached hydrogens (primary N) is 1. The van der Waals surface area contributed by atoms with Gasteiger partial charge in [0.25, 0.3) is 0 Å². The number of ether oxygens (including phenoxy) is 1. The van der Waals surface area contributed by atoms with E-state index in [4.69, 9.17) is 10.5 Å². The first-order valence-corrected chi connectivity index (χ1v) is 7.98. The van der Waals surface area contributed by atoms with Crippen LogP contribution in [0.25, 0.3) is 5.69 Å². The maximum atomic E-state index is 6.00. The molecule has 0 saturated heterocycles. The summed E-state index contributed by atoms with van der Waals surface area (Å²) >= 11 is 0. The summed E-state index contributed by atoms with van der Waals surface area (Å²) in [5.41, 5.74) is 9.75. The van der Waals surface area contributed by atoms with Crippen molar-refractivity contribution in [2.24, 2.45) is 10.7 Å². The number of methoxy groups -OCH3 is 1. The van der Waals surface area contributed by atoms with E-state index in [9.17, 15) is 0 Å². The Labute approximate surface area is 147 Å². The fourth-order valence-electron chi connectivity index (χ4n) is 2.46. The number of aryl methyl sites for hydroxylation is 1. The number of aliphatic imine (C=N–C) groups is 1. The van der Waals surface area contributed by atoms with Crippen molar-refractivity contribution in [1.29, 1.82) is 0 Å². The van der Waals surface area contributed by atoms with Gasteiger partial charge in [-0.1, -0.05) is 30.3 Å². The van der Waals surface area contributed by atoms with Crippen LogP contribution in [0.2, 0.25) is 0 Å². The molecule has 3 N–H and O–H groups in total. The van der Waals surface area contributed by atoms with Crippen LogP contribution >= 0.6 is 0 Å². The Kier molecular flexibility index (Phi) is 4.99. The smallest absolute Gasteiger partial charge is 0.193 e. The highest BCUT2D eigenvalue weighted by Gasteiger charge is 2.07. The molecule has 0 aliphatic heterocycles. The summed E-state index contributed by atoms with van der Waals surface area (Å²) in [5.74, 6) is 1.05. The zero-order valence-electron chi connectivity index (χ0n) is 14.3. The average Bonchev–Trinajstić information content (AvgIpc) is 3.02. The van der Waals surface area contributed by atoms with Crippen molar-refractivity contribution in [1.82, 2.24) is 9.78 Å². The molecular weight excluding hydrogens is 314 g/mol. The number of aromatic nitrogens is 2. The largest absolute Gasteiger partial charge is 0.495 e. The van der Waals surface area contributed by atoms with Crippen molar-refractivity contribution in [2.75, 3.05) is 12.4 Å². The van der Waals surface area contributed by atoms with E-state index in [-0.39, 0.29) is 0 Å². The minimum absolute atomic E-state index is 0.330. The van der Waals surface area contributed by atoms with Gasteiger partial charge < -0.3 is 15.8 Å². The molecule has 0 bridgehead atoms. The minimum atomic E-state index is 0.330. The predicted molar refractivity (Wildman–Crippen MR) is 100 cm³/mol. The van der Waals surface area contributed by atoms with E-state index in [1.807, 2.05) is 72.4 Å². The summed E-state index contributed by atoms with van der Waals surface area (Å²) in [7, 11) is 1.62. The van der Waals surface area contributed by atoms with Crippen molar-refractivity contribution < 1.29 is 4.74 Å². The summed E-state index contributed by atoms with van der Waals surface area (Å²) in [6.45, 7) is 2.42. The minimum Gasteiger partial charge on any atom is -0.495 e. The van der Waals surface area contributed by atoms with Crippen LogP contribution in [-0.4, -0.2) is 22.8 Å². The van der Waals surface area contributed by atoms with Crippen molar-refractivity contribution >= 4 is 11.6 Å². The molecule has 0 unspecified atom stereocenters. The predicted octanol–water partition coefficient (Wildman–Crippen LogP) is 3.12. The van der Waals surface area contributed by atoms with E-state index in [2.05, 4.69) is 15.4 Å². The van der Waals surface area contributed by atoms with Gasteiger partial charge >= 0.3 is 0 Å². The monoisotopic (exact) mass is 335 g/mol. The molecule has 2 aromatic carbocycles. The number of hydrogen-bond donors (Lipinski definition) is 2. The van der Waals surface area contributed by atoms with E-state index >= 15 is 0 Å². The lowest BCUT2D eigenvalue weighted by atomic mass is 10.2. The van der Waals surface area contributed by atoms with Crippen molar-refractivity contribution in [3.8, 4) is 11.4 Å². The molecule has 0 aliphatic rings. The standard InChI is InChI=1S/C19H21N5O/c1-14-15(13-24(23-14)16-8-4-3-5-9-16)12-21-19(20)22-17-10-6-7-11-18(17)25-2/h3-11,13H,12H2,1-2H3,(H3,20,21,22). The Morgan fingerprint density at radius 3 is 2.64 bits per heavy atom. The van der Waals surface area contributed by atoms with Gasteiger partial charge in [-0.25, -0.2) is 9.67 Å². The first kappa shape index (κ1) is 16.6. The van der Waals surface area contributed by atoms with E-state index in [0.717, 1.165) is 22.6 Å². The summed E-state index contributed by atoms with van der Waals surface area (Å²) in [6, 6.07) is 17.5. The second-order valence-electron chi connectivity index (χ2n) is 5.55. The average molecular weight is 335 g/mol. The fourth-order valence-corrected chi connectivity index (χ4v) is 2.46. The van der Waals surface area contributed by atoms with E-state index in [1.54, 1.807) is 7.11 Å². The highest BCUT2D eigenvalue weighted by molar-refractivity contribution is 5.93. The molecule has 6 nitrogen and oxygen atoms in total. The van der Waals surface area contributed by atoms with Crippen LogP contribution in [0.4, 0.5) is 5.69 Å². The molecule has 0 amide bonds. The van der Waals surface area contributed by atoms with Gasteiger partial charge in [-0.15, -0.1) is 0 Å². The molecule has 0 saturated carbocycles. The molecule has 25 heavy (non-hydrogen) atoms. The van der Waals surface area contributed by atoms with Gasteiger partial charge in [-0.3, -0.25) is 0 Å². The van der Waals surface area contributed by atoms with Crippen LogP contribution in [-0.2, 0) is 6.54 Å². The molecule has 0 spiro atoms. The Morgan fingerprint density at radius 1 is 1.16 bits per heavy atom. The molecule has 0 atom stereocenters. The Balaban J connectivity index is 1.72. The van der Waals surface area contributed by atoms with Crippen LogP contribution in [0.15, 0.2) is 65.8 Å². The van der Waals surface area contributed by atoms with Gasteiger partial charge in [-0.2, -0.15) is 5.10 Å². The van der Waals surface area contributed by atoms with Crippen LogP contribution in [0.1, 0.15) is 11.3 Å². The third-order valence-electron chi connectivity index (χ3n) is 3.81. The van der Waals surface area contributed by atoms with Gasteiger partial charge in [0, 0.05) is 11.8 Å². The van der Waals surface area contributed by atoms with Gasteiger partial charge in [0.2, 0.25) is 0 Å². The molecular formula is C19H21N5O. The zero-order chi connectivity index (χ0) is 17.6. The second-order valence-corrected chi connectivity index (χ2v) is 5.55. The van der Waals surface area contributed by atoms with E-state index in [0.29, 0.717) is 18.3 Å². The lowest BCUT2D eigenvalue weighted by Gasteiger charge is -2.09. The first-order chi connectivity index (χ1) is 12.2. The number of nitrogens with one attached hydrogen (secondary N) is 1. The van der Waals surface area contributed by atoms with Gasteiger partial charge in [0.05, 0.1) is 30.7 Å². The quantitative estimate of drug-likeness (QED) is 0.555. The molecule has 128 valence electrons. The molecule has 0 fully saturated rings. The molecule has 1 aromatic heterocycles. The Bertz CT molecular complexity index is 871. The lowest BCUT2D eigenvalue weighted by molar-refractivity contribution is 0.417. The number of anilines is 1. The zero-order valence-corrected chi connectivity index (χ0v) is 14.3. The van der Waals surface area contributed by atoms with Crippen LogP contribution in [0.3, 0.4) is 0 Å². The molecule has 3 aromatic rings. The van der Waals surface area contributed by atoms with E-state index < -0.39 is 0 Å². The lowest BCUT2D eigenvalue weighted by Crippen LogP contribution is -2.22. The summed E-state index contributed by atoms with van der Waals surface area (Å²) in [5, 5.41) is 7.60. The van der Waals surface area contributed by atoms with Crippen molar-refractivity contribution in [2.45, 2.75) is 13.5 Å². The number of nitrogens with zero attached hydrogens (tertiary/aromatic N) is 3. The number of guanidine groups is 1. The summed E-state index contributed by atoms with van der Waals surface area (Å²) in [6.07, 6.45) is 1.98. The maximum Gasteiger partial charge on any atom is 0.193 e. The van der Waals surface area contributed by atoms with Gasteiger partial charge in [0.1, 0.15) is 5.75 Å². The highest BCUT2D eigenvalue weighted by atomic mass is 16.5. The number of para-hydroxylation sites is 3. The van der Waals surface area contributed by atoms with Crippen LogP contribution in [0.5, 0.6) is 5.75 Å². The molecule has 0 aliphatic carbocycles. The van der Waals surface area contributed by atoms with Gasteiger partial charge in [0.15, 0.2) is 5.96 Å². The number of benzene rings is 2. The molecule has 3 rings (SSSR count). The Morgan fingerprint density at radius 2 is 1.88 bits per heavy atom. The molecule has 0 radical (unpaired) electrons. The fraction of sp³-hybridized carbons (Fsp3) is 0.158. The topological polar surface area (TPSA) is 77.5 Å². The normalized spacial score (nSPS) is 11.4. The SMILES string of the molecule is COc1ccccc1NC(N)=NCc1cn(-c2ccccc2)nc1C. The van der Waals surface area contributed by atoms with Crippen molar-refractivity contribution in [3.05, 3.63) is 72.1 Å². The molecule has 1 heterocycles. The summed E-state index contributed by atoms with van der Waals surface area (Å²) in [4.78, 5) is 4.41. The van der Waals surface area contributed by atoms with Crippen molar-refractivity contribution in [3.63, 3.8) is 0 Å². The third-order valence-corrected chi connectivity index (χ3v) is 3.81. The third kappa shape index (κ3) is 3.98. The van der Waals surface area contributed by atoms with E-state index in [1.165, 1.54) is 0 Å².